The zero-order valence-corrected chi connectivity index (χ0v) is 14.9. The van der Waals surface area contributed by atoms with Crippen LogP contribution in [0, 0.1) is 5.92 Å². The molecule has 1 aliphatic heterocycles. The Balaban J connectivity index is 1.43. The smallest absolute Gasteiger partial charge is 0.223 e. The first-order valence-electron chi connectivity index (χ1n) is 9.29. The third-order valence-corrected chi connectivity index (χ3v) is 5.05. The summed E-state index contributed by atoms with van der Waals surface area (Å²) in [6, 6.07) is 8.21. The van der Waals surface area contributed by atoms with Crippen LogP contribution < -0.4 is 5.32 Å². The van der Waals surface area contributed by atoms with Crippen LogP contribution in [0.15, 0.2) is 30.5 Å². The molecule has 0 aliphatic carbocycles. The van der Waals surface area contributed by atoms with Gasteiger partial charge in [0.2, 0.25) is 11.8 Å². The van der Waals surface area contributed by atoms with Gasteiger partial charge in [0.25, 0.3) is 0 Å². The molecule has 5 nitrogen and oxygen atoms in total. The summed E-state index contributed by atoms with van der Waals surface area (Å²) in [5, 5.41) is 4.29. The summed E-state index contributed by atoms with van der Waals surface area (Å²) in [5.41, 5.74) is 2.36. The highest BCUT2D eigenvalue weighted by Gasteiger charge is 2.26. The Hall–Kier alpha value is -2.30. The molecule has 1 saturated heterocycles. The molecule has 0 radical (unpaired) electrons. The second kappa shape index (κ2) is 8.19. The Morgan fingerprint density at radius 2 is 2.00 bits per heavy atom. The van der Waals surface area contributed by atoms with Gasteiger partial charge in [-0.1, -0.05) is 25.1 Å². The summed E-state index contributed by atoms with van der Waals surface area (Å²) < 4.78 is 0. The number of nitrogens with one attached hydrogen (secondary N) is 2. The summed E-state index contributed by atoms with van der Waals surface area (Å²) in [5.74, 6) is 0.386. The quantitative estimate of drug-likeness (QED) is 0.848. The first-order valence-corrected chi connectivity index (χ1v) is 9.29. The highest BCUT2D eigenvalue weighted by Crippen LogP contribution is 2.19. The van der Waals surface area contributed by atoms with Crippen molar-refractivity contribution >= 4 is 22.7 Å². The minimum absolute atomic E-state index is 0.0358. The lowest BCUT2D eigenvalue weighted by Crippen LogP contribution is -2.43. The molecule has 1 aromatic heterocycles. The standard InChI is InChI=1S/C20H27N3O2/c1-2-5-19(24)23-12-9-15(10-13-23)20(25)21-11-8-16-14-22-18-7-4-3-6-17(16)18/h3-4,6-7,14-15,22H,2,5,8-13H2,1H3,(H,21,25). The lowest BCUT2D eigenvalue weighted by atomic mass is 9.95. The fourth-order valence-electron chi connectivity index (χ4n) is 3.57. The average molecular weight is 341 g/mol. The first-order chi connectivity index (χ1) is 12.2. The Bertz CT molecular complexity index is 729. The second-order valence-electron chi connectivity index (χ2n) is 6.81. The van der Waals surface area contributed by atoms with Crippen molar-refractivity contribution in [3.05, 3.63) is 36.0 Å². The van der Waals surface area contributed by atoms with Gasteiger partial charge in [-0.2, -0.15) is 0 Å². The van der Waals surface area contributed by atoms with Crippen LogP contribution in [0.5, 0.6) is 0 Å². The molecule has 2 heterocycles. The molecule has 1 aromatic carbocycles. The molecular formula is C20H27N3O2. The van der Waals surface area contributed by atoms with Gasteiger partial charge in [-0.3, -0.25) is 9.59 Å². The van der Waals surface area contributed by atoms with Gasteiger partial charge in [0.05, 0.1) is 0 Å². The van der Waals surface area contributed by atoms with Crippen molar-refractivity contribution in [2.24, 2.45) is 5.92 Å². The number of likely N-dealkylation sites (tertiary alicyclic amines) is 1. The SMILES string of the molecule is CCCC(=O)N1CCC(C(=O)NCCc2c[nH]c3ccccc23)CC1. The molecule has 2 aromatic rings. The fourth-order valence-corrected chi connectivity index (χ4v) is 3.57. The van der Waals surface area contributed by atoms with Crippen LogP contribution >= 0.6 is 0 Å². The summed E-state index contributed by atoms with van der Waals surface area (Å²) >= 11 is 0. The van der Waals surface area contributed by atoms with E-state index in [0.717, 1.165) is 31.2 Å². The van der Waals surface area contributed by atoms with E-state index in [1.54, 1.807) is 0 Å². The lowest BCUT2D eigenvalue weighted by molar-refractivity contribution is -0.135. The van der Waals surface area contributed by atoms with Crippen LogP contribution in [-0.4, -0.2) is 41.3 Å². The van der Waals surface area contributed by atoms with Crippen LogP contribution in [0.4, 0.5) is 0 Å². The fraction of sp³-hybridized carbons (Fsp3) is 0.500. The number of H-pyrrole nitrogens is 1. The van der Waals surface area contributed by atoms with E-state index in [2.05, 4.69) is 22.4 Å². The molecule has 2 N–H and O–H groups in total. The van der Waals surface area contributed by atoms with Gasteiger partial charge in [0.15, 0.2) is 0 Å². The Kier molecular flexibility index (Phi) is 5.74. The van der Waals surface area contributed by atoms with Gasteiger partial charge in [-0.15, -0.1) is 0 Å². The van der Waals surface area contributed by atoms with E-state index in [4.69, 9.17) is 0 Å². The third kappa shape index (κ3) is 4.21. The predicted molar refractivity (Wildman–Crippen MR) is 99.2 cm³/mol. The average Bonchev–Trinajstić information content (AvgIpc) is 3.05. The number of nitrogens with zero attached hydrogens (tertiary/aromatic N) is 1. The number of piperidine rings is 1. The van der Waals surface area contributed by atoms with Gasteiger partial charge in [-0.25, -0.2) is 0 Å². The van der Waals surface area contributed by atoms with Crippen LogP contribution in [0.25, 0.3) is 10.9 Å². The van der Waals surface area contributed by atoms with E-state index in [9.17, 15) is 9.59 Å². The number of aromatic nitrogens is 1. The minimum Gasteiger partial charge on any atom is -0.361 e. The van der Waals surface area contributed by atoms with Gasteiger partial charge in [0, 0.05) is 49.1 Å². The summed E-state index contributed by atoms with van der Waals surface area (Å²) in [4.78, 5) is 29.4. The molecule has 0 spiro atoms. The lowest BCUT2D eigenvalue weighted by Gasteiger charge is -2.31. The van der Waals surface area contributed by atoms with Gasteiger partial charge < -0.3 is 15.2 Å². The molecule has 25 heavy (non-hydrogen) atoms. The summed E-state index contributed by atoms with van der Waals surface area (Å²) in [7, 11) is 0. The third-order valence-electron chi connectivity index (χ3n) is 5.05. The van der Waals surface area contributed by atoms with Crippen molar-refractivity contribution in [2.45, 2.75) is 39.0 Å². The number of rotatable bonds is 6. The van der Waals surface area contributed by atoms with Gasteiger partial charge >= 0.3 is 0 Å². The predicted octanol–water partition coefficient (Wildman–Crippen LogP) is 2.87. The number of carbonyl (C=O) groups is 2. The van der Waals surface area contributed by atoms with E-state index in [-0.39, 0.29) is 17.7 Å². The number of para-hydroxylation sites is 1. The van der Waals surface area contributed by atoms with Crippen molar-refractivity contribution in [1.29, 1.82) is 0 Å². The van der Waals surface area contributed by atoms with E-state index in [0.29, 0.717) is 26.1 Å². The Morgan fingerprint density at radius 1 is 1.24 bits per heavy atom. The first kappa shape index (κ1) is 17.5. The number of amides is 2. The number of carbonyl (C=O) groups excluding carboxylic acids is 2. The van der Waals surface area contributed by atoms with Crippen molar-refractivity contribution in [3.8, 4) is 0 Å². The molecule has 134 valence electrons. The van der Waals surface area contributed by atoms with Crippen LogP contribution in [0.2, 0.25) is 0 Å². The van der Waals surface area contributed by atoms with E-state index < -0.39 is 0 Å². The highest BCUT2D eigenvalue weighted by atomic mass is 16.2. The zero-order chi connectivity index (χ0) is 17.6. The van der Waals surface area contributed by atoms with Crippen LogP contribution in [-0.2, 0) is 16.0 Å². The van der Waals surface area contributed by atoms with Gasteiger partial charge in [-0.05, 0) is 37.3 Å². The minimum atomic E-state index is 0.0358. The zero-order valence-electron chi connectivity index (χ0n) is 14.9. The van der Waals surface area contributed by atoms with Crippen molar-refractivity contribution in [1.82, 2.24) is 15.2 Å². The molecule has 1 aliphatic rings. The van der Waals surface area contributed by atoms with Crippen molar-refractivity contribution in [3.63, 3.8) is 0 Å². The molecule has 3 rings (SSSR count). The van der Waals surface area contributed by atoms with E-state index in [1.807, 2.05) is 30.2 Å². The number of aromatic amines is 1. The molecule has 0 saturated carbocycles. The number of hydrogen-bond acceptors (Lipinski definition) is 2. The summed E-state index contributed by atoms with van der Waals surface area (Å²) in [6.45, 7) is 4.08. The molecule has 2 amide bonds. The molecule has 5 heteroatoms. The van der Waals surface area contributed by atoms with Gasteiger partial charge in [0.1, 0.15) is 0 Å². The normalized spacial score (nSPS) is 15.5. The second-order valence-corrected chi connectivity index (χ2v) is 6.81. The largest absolute Gasteiger partial charge is 0.361 e. The maximum absolute atomic E-state index is 12.4. The van der Waals surface area contributed by atoms with Crippen molar-refractivity contribution < 1.29 is 9.59 Å². The van der Waals surface area contributed by atoms with Crippen LogP contribution in [0.1, 0.15) is 38.2 Å². The van der Waals surface area contributed by atoms with E-state index >= 15 is 0 Å². The molecule has 0 bridgehead atoms. The topological polar surface area (TPSA) is 65.2 Å². The molecule has 0 atom stereocenters. The summed E-state index contributed by atoms with van der Waals surface area (Å²) in [6.07, 6.45) is 5.88. The number of hydrogen-bond donors (Lipinski definition) is 2. The maximum Gasteiger partial charge on any atom is 0.223 e. The molecular weight excluding hydrogens is 314 g/mol. The Labute approximate surface area is 148 Å². The maximum atomic E-state index is 12.4. The van der Waals surface area contributed by atoms with E-state index in [1.165, 1.54) is 10.9 Å². The highest BCUT2D eigenvalue weighted by molar-refractivity contribution is 5.83. The Morgan fingerprint density at radius 3 is 2.76 bits per heavy atom. The van der Waals surface area contributed by atoms with Crippen LogP contribution in [0.3, 0.4) is 0 Å². The monoisotopic (exact) mass is 341 g/mol. The number of fused-ring (bicyclic) bond motifs is 1. The molecule has 0 unspecified atom stereocenters. The van der Waals surface area contributed by atoms with Crippen molar-refractivity contribution in [2.75, 3.05) is 19.6 Å². The molecule has 1 fully saturated rings. The number of benzene rings is 1.